The van der Waals surface area contributed by atoms with Crippen LogP contribution in [0.15, 0.2) is 35.4 Å². The smallest absolute Gasteiger partial charge is 0.341 e. The molecule has 2 aromatic rings. The van der Waals surface area contributed by atoms with E-state index in [4.69, 9.17) is 19.3 Å². The molecule has 0 saturated heterocycles. The minimum absolute atomic E-state index is 0.161. The van der Waals surface area contributed by atoms with Crippen molar-refractivity contribution in [2.75, 3.05) is 20.3 Å². The number of methoxy groups -OCH3 is 1. The molecule has 0 radical (unpaired) electrons. The van der Waals surface area contributed by atoms with Crippen LogP contribution >= 0.6 is 22.6 Å². The van der Waals surface area contributed by atoms with Gasteiger partial charge in [0.2, 0.25) is 0 Å². The number of hydrogen-bond donors (Lipinski definition) is 2. The molecule has 0 heterocycles. The van der Waals surface area contributed by atoms with Crippen molar-refractivity contribution < 1.29 is 28.9 Å². The highest BCUT2D eigenvalue weighted by molar-refractivity contribution is 14.1. The summed E-state index contributed by atoms with van der Waals surface area (Å²) in [5.74, 6) is -0.0999. The van der Waals surface area contributed by atoms with Crippen molar-refractivity contribution in [3.05, 3.63) is 50.6 Å². The molecule has 0 spiro atoms. The molecular formula is C20H21IN2O6. The van der Waals surface area contributed by atoms with Crippen LogP contribution in [0.25, 0.3) is 0 Å². The van der Waals surface area contributed by atoms with Crippen LogP contribution in [-0.4, -0.2) is 43.5 Å². The monoisotopic (exact) mass is 512 g/mol. The van der Waals surface area contributed by atoms with Gasteiger partial charge in [-0.25, -0.2) is 10.2 Å². The summed E-state index contributed by atoms with van der Waals surface area (Å²) < 4.78 is 16.7. The Kier molecular flexibility index (Phi) is 8.25. The van der Waals surface area contributed by atoms with Gasteiger partial charge < -0.3 is 19.3 Å². The number of para-hydroxylation sites is 1. The first-order valence-electron chi connectivity index (χ1n) is 8.55. The number of amides is 1. The number of carboxylic acid groups (broad SMARTS) is 1. The van der Waals surface area contributed by atoms with Crippen LogP contribution in [-0.2, 0) is 9.59 Å². The third-order valence-electron chi connectivity index (χ3n) is 3.75. The van der Waals surface area contributed by atoms with E-state index >= 15 is 0 Å². The number of ether oxygens (including phenoxy) is 3. The molecule has 0 aromatic heterocycles. The van der Waals surface area contributed by atoms with E-state index in [9.17, 15) is 9.59 Å². The maximum absolute atomic E-state index is 12.0. The fourth-order valence-corrected chi connectivity index (χ4v) is 3.25. The predicted molar refractivity (Wildman–Crippen MR) is 116 cm³/mol. The summed E-state index contributed by atoms with van der Waals surface area (Å²) in [4.78, 5) is 22.7. The summed E-state index contributed by atoms with van der Waals surface area (Å²) in [6.45, 7) is 3.19. The number of benzene rings is 2. The van der Waals surface area contributed by atoms with Crippen LogP contribution in [0.2, 0.25) is 0 Å². The molecule has 1 amide bonds. The number of carbonyl (C=O) groups is 2. The van der Waals surface area contributed by atoms with Gasteiger partial charge in [0.15, 0.2) is 24.7 Å². The van der Waals surface area contributed by atoms with Crippen LogP contribution in [0.1, 0.15) is 16.7 Å². The van der Waals surface area contributed by atoms with Crippen molar-refractivity contribution in [1.82, 2.24) is 5.43 Å². The molecule has 0 aliphatic carbocycles. The molecule has 8 nitrogen and oxygen atoms in total. The molecule has 9 heteroatoms. The number of nitrogens with one attached hydrogen (secondary N) is 1. The molecule has 0 aliphatic heterocycles. The van der Waals surface area contributed by atoms with E-state index in [1.165, 1.54) is 13.3 Å². The van der Waals surface area contributed by atoms with Gasteiger partial charge in [0, 0.05) is 0 Å². The standard InChI is InChI=1S/C20H21IN2O6/c1-12-5-4-6-13(2)19(12)28-10-17(24)23-22-9-14-7-15(21)20(16(8-14)27-3)29-11-18(25)26/h4-9H,10-11H2,1-3H3,(H,23,24)(H,25,26)/b22-9-. The number of aryl methyl sites for hydroxylation is 2. The van der Waals surface area contributed by atoms with Crippen molar-refractivity contribution in [3.8, 4) is 17.2 Å². The first-order chi connectivity index (χ1) is 13.8. The van der Waals surface area contributed by atoms with E-state index < -0.39 is 18.5 Å². The topological polar surface area (TPSA) is 106 Å². The third kappa shape index (κ3) is 6.63. The Morgan fingerprint density at radius 3 is 2.41 bits per heavy atom. The highest BCUT2D eigenvalue weighted by atomic mass is 127. The third-order valence-corrected chi connectivity index (χ3v) is 4.55. The maximum Gasteiger partial charge on any atom is 0.341 e. The summed E-state index contributed by atoms with van der Waals surface area (Å²) in [5, 5.41) is 12.7. The van der Waals surface area contributed by atoms with Gasteiger partial charge in [0.1, 0.15) is 5.75 Å². The van der Waals surface area contributed by atoms with E-state index in [0.29, 0.717) is 26.4 Å². The number of aliphatic carboxylic acids is 1. The lowest BCUT2D eigenvalue weighted by Crippen LogP contribution is -2.25. The Labute approximate surface area is 182 Å². The van der Waals surface area contributed by atoms with Gasteiger partial charge in [-0.15, -0.1) is 0 Å². The normalized spacial score (nSPS) is 10.6. The van der Waals surface area contributed by atoms with Crippen LogP contribution in [0.3, 0.4) is 0 Å². The summed E-state index contributed by atoms with van der Waals surface area (Å²) in [6.07, 6.45) is 1.45. The summed E-state index contributed by atoms with van der Waals surface area (Å²) in [5.41, 5.74) is 4.95. The minimum Gasteiger partial charge on any atom is -0.493 e. The zero-order valence-electron chi connectivity index (χ0n) is 16.2. The van der Waals surface area contributed by atoms with Crippen molar-refractivity contribution >= 4 is 40.7 Å². The average Bonchev–Trinajstić information content (AvgIpc) is 2.66. The summed E-state index contributed by atoms with van der Waals surface area (Å²) in [6, 6.07) is 9.11. The molecule has 0 saturated carbocycles. The second-order valence-corrected chi connectivity index (χ2v) is 7.18. The summed E-state index contributed by atoms with van der Waals surface area (Å²) >= 11 is 2.01. The molecule has 0 unspecified atom stereocenters. The molecule has 29 heavy (non-hydrogen) atoms. The SMILES string of the molecule is COc1cc(/C=N\NC(=O)COc2c(C)cccc2C)cc(I)c1OCC(=O)O. The van der Waals surface area contributed by atoms with Gasteiger partial charge in [-0.1, -0.05) is 18.2 Å². The van der Waals surface area contributed by atoms with Gasteiger partial charge in [0.25, 0.3) is 5.91 Å². The maximum atomic E-state index is 12.0. The summed E-state index contributed by atoms with van der Waals surface area (Å²) in [7, 11) is 1.45. The number of nitrogens with zero attached hydrogens (tertiary/aromatic N) is 1. The first kappa shape index (κ1) is 22.5. The van der Waals surface area contributed by atoms with Gasteiger partial charge >= 0.3 is 5.97 Å². The lowest BCUT2D eigenvalue weighted by molar-refractivity contribution is -0.139. The molecule has 0 aliphatic rings. The van der Waals surface area contributed by atoms with Crippen molar-refractivity contribution in [3.63, 3.8) is 0 Å². The van der Waals surface area contributed by atoms with Crippen molar-refractivity contribution in [2.45, 2.75) is 13.8 Å². The van der Waals surface area contributed by atoms with Gasteiger partial charge in [-0.3, -0.25) is 4.79 Å². The number of hydrazone groups is 1. The Balaban J connectivity index is 1.98. The fraction of sp³-hybridized carbons (Fsp3) is 0.250. The fourth-order valence-electron chi connectivity index (χ4n) is 2.46. The van der Waals surface area contributed by atoms with Crippen LogP contribution in [0.5, 0.6) is 17.2 Å². The predicted octanol–water partition coefficient (Wildman–Crippen LogP) is 2.91. The highest BCUT2D eigenvalue weighted by Crippen LogP contribution is 2.33. The zero-order valence-corrected chi connectivity index (χ0v) is 18.3. The Morgan fingerprint density at radius 1 is 1.14 bits per heavy atom. The van der Waals surface area contributed by atoms with Crippen LogP contribution in [0, 0.1) is 17.4 Å². The zero-order chi connectivity index (χ0) is 21.4. The van der Waals surface area contributed by atoms with Crippen molar-refractivity contribution in [2.24, 2.45) is 5.10 Å². The lowest BCUT2D eigenvalue weighted by Gasteiger charge is -2.12. The highest BCUT2D eigenvalue weighted by Gasteiger charge is 2.13. The molecule has 0 fully saturated rings. The van der Waals surface area contributed by atoms with E-state index in [2.05, 4.69) is 10.5 Å². The molecule has 0 bridgehead atoms. The number of hydrogen-bond acceptors (Lipinski definition) is 6. The quantitative estimate of drug-likeness (QED) is 0.304. The lowest BCUT2D eigenvalue weighted by atomic mass is 10.1. The van der Waals surface area contributed by atoms with Crippen LogP contribution < -0.4 is 19.6 Å². The molecule has 0 atom stereocenters. The van der Waals surface area contributed by atoms with Crippen molar-refractivity contribution in [1.29, 1.82) is 0 Å². The molecule has 2 N–H and O–H groups in total. The Hall–Kier alpha value is -2.82. The Bertz CT molecular complexity index is 909. The number of carboxylic acids is 1. The second kappa shape index (κ2) is 10.6. The van der Waals surface area contributed by atoms with E-state index in [1.54, 1.807) is 12.1 Å². The number of rotatable bonds is 9. The number of halogens is 1. The van der Waals surface area contributed by atoms with Gasteiger partial charge in [-0.2, -0.15) is 5.10 Å². The van der Waals surface area contributed by atoms with Gasteiger partial charge in [0.05, 0.1) is 16.9 Å². The van der Waals surface area contributed by atoms with E-state index in [1.807, 2.05) is 54.6 Å². The van der Waals surface area contributed by atoms with E-state index in [0.717, 1.165) is 11.1 Å². The minimum atomic E-state index is -1.08. The van der Waals surface area contributed by atoms with E-state index in [-0.39, 0.29) is 6.61 Å². The van der Waals surface area contributed by atoms with Gasteiger partial charge in [-0.05, 0) is 65.3 Å². The first-order valence-corrected chi connectivity index (χ1v) is 9.62. The molecular weight excluding hydrogens is 491 g/mol. The average molecular weight is 512 g/mol. The van der Waals surface area contributed by atoms with Crippen LogP contribution in [0.4, 0.5) is 0 Å². The second-order valence-electron chi connectivity index (χ2n) is 6.02. The largest absolute Gasteiger partial charge is 0.493 e. The number of carbonyl (C=O) groups excluding carboxylic acids is 1. The Morgan fingerprint density at radius 2 is 1.79 bits per heavy atom. The molecule has 154 valence electrons. The molecule has 2 aromatic carbocycles. The molecule has 2 rings (SSSR count).